The molecule has 1 spiro atoms. The lowest BCUT2D eigenvalue weighted by molar-refractivity contribution is 0.383. The summed E-state index contributed by atoms with van der Waals surface area (Å²) in [7, 11) is 0. The summed E-state index contributed by atoms with van der Waals surface area (Å²) in [6, 6.07) is 0. The maximum Gasteiger partial charge on any atom is 0.0353 e. The Bertz CT molecular complexity index is 223. The molecule has 0 aromatic carbocycles. The first-order chi connectivity index (χ1) is 6.26. The van der Waals surface area contributed by atoms with Gasteiger partial charge in [0.1, 0.15) is 0 Å². The molecule has 0 bridgehead atoms. The molecule has 1 saturated heterocycles. The van der Waals surface area contributed by atoms with Gasteiger partial charge in [0.2, 0.25) is 0 Å². The second-order valence-corrected chi connectivity index (χ2v) is 5.02. The molecule has 2 aliphatic rings. The van der Waals surface area contributed by atoms with Crippen molar-refractivity contribution in [1.29, 1.82) is 0 Å². The van der Waals surface area contributed by atoms with E-state index in [-0.39, 0.29) is 5.41 Å². The molecule has 1 aliphatic carbocycles. The van der Waals surface area contributed by atoms with Crippen LogP contribution in [-0.2, 0) is 0 Å². The summed E-state index contributed by atoms with van der Waals surface area (Å²) in [4.78, 5) is 2.48. The number of piperidine rings is 1. The highest BCUT2D eigenvalue weighted by Crippen LogP contribution is 2.39. The molecule has 1 nitrogen and oxygen atoms in total. The van der Waals surface area contributed by atoms with E-state index < -0.39 is 0 Å². The third-order valence-electron chi connectivity index (χ3n) is 3.33. The quantitative estimate of drug-likeness (QED) is 0.620. The van der Waals surface area contributed by atoms with E-state index >= 15 is 0 Å². The minimum atomic E-state index is 0.175. The number of rotatable bonds is 0. The zero-order chi connectivity index (χ0) is 9.31. The summed E-state index contributed by atoms with van der Waals surface area (Å²) < 4.78 is 0. The monoisotopic (exact) mass is 213 g/mol. The Morgan fingerprint density at radius 3 is 2.08 bits per heavy atom. The maximum atomic E-state index is 5.50. The van der Waals surface area contributed by atoms with Crippen LogP contribution in [0, 0.1) is 5.41 Å². The van der Waals surface area contributed by atoms with Crippen LogP contribution in [-0.4, -0.2) is 22.8 Å². The zero-order valence-corrected chi connectivity index (χ0v) is 9.40. The summed E-state index contributed by atoms with van der Waals surface area (Å²) in [5, 5.41) is 3.38. The predicted octanol–water partition coefficient (Wildman–Crippen LogP) is 2.28. The highest BCUT2D eigenvalue weighted by Gasteiger charge is 2.41. The van der Waals surface area contributed by atoms with Crippen LogP contribution < -0.4 is 5.32 Å². The minimum Gasteiger partial charge on any atom is -0.317 e. The lowest BCUT2D eigenvalue weighted by Crippen LogP contribution is -2.48. The predicted molar refractivity (Wildman–Crippen MR) is 63.6 cm³/mol. The van der Waals surface area contributed by atoms with Crippen LogP contribution in [0.1, 0.15) is 32.1 Å². The number of nitrogens with one attached hydrogen (secondary N) is 1. The van der Waals surface area contributed by atoms with Crippen LogP contribution in [0.3, 0.4) is 0 Å². The van der Waals surface area contributed by atoms with Gasteiger partial charge in [-0.1, -0.05) is 24.4 Å². The van der Waals surface area contributed by atoms with Gasteiger partial charge in [0, 0.05) is 15.1 Å². The third-order valence-corrected chi connectivity index (χ3v) is 4.52. The molecule has 1 N–H and O–H groups in total. The molecular formula is C10H15NS2. The lowest BCUT2D eigenvalue weighted by Gasteiger charge is -2.42. The Morgan fingerprint density at radius 1 is 1.00 bits per heavy atom. The molecule has 1 aliphatic heterocycles. The smallest absolute Gasteiger partial charge is 0.0353 e. The van der Waals surface area contributed by atoms with Gasteiger partial charge >= 0.3 is 0 Å². The first-order valence-electron chi connectivity index (χ1n) is 5.03. The SMILES string of the molecule is S=C1CCCC(=S)C12CCNCC2. The van der Waals surface area contributed by atoms with E-state index in [0.717, 1.165) is 38.8 Å². The molecule has 1 saturated carbocycles. The molecule has 0 aromatic heterocycles. The number of hydrogen-bond donors (Lipinski definition) is 1. The van der Waals surface area contributed by atoms with Gasteiger partial charge in [0.05, 0.1) is 0 Å². The second kappa shape index (κ2) is 3.71. The Labute approximate surface area is 90.3 Å². The van der Waals surface area contributed by atoms with Crippen molar-refractivity contribution in [3.05, 3.63) is 0 Å². The lowest BCUT2D eigenvalue weighted by atomic mass is 9.68. The Balaban J connectivity index is 2.23. The van der Waals surface area contributed by atoms with Crippen molar-refractivity contribution in [3.63, 3.8) is 0 Å². The number of hydrogen-bond acceptors (Lipinski definition) is 3. The van der Waals surface area contributed by atoms with Crippen molar-refractivity contribution in [3.8, 4) is 0 Å². The van der Waals surface area contributed by atoms with Crippen LogP contribution >= 0.6 is 24.4 Å². The second-order valence-electron chi connectivity index (χ2n) is 4.03. The Kier molecular flexibility index (Phi) is 2.77. The zero-order valence-electron chi connectivity index (χ0n) is 7.77. The molecule has 3 heteroatoms. The van der Waals surface area contributed by atoms with Gasteiger partial charge in [0.25, 0.3) is 0 Å². The molecule has 1 heterocycles. The van der Waals surface area contributed by atoms with E-state index in [9.17, 15) is 0 Å². The third kappa shape index (κ3) is 1.58. The van der Waals surface area contributed by atoms with Gasteiger partial charge in [-0.25, -0.2) is 0 Å². The van der Waals surface area contributed by atoms with Crippen LogP contribution in [0.15, 0.2) is 0 Å². The van der Waals surface area contributed by atoms with E-state index in [1.165, 1.54) is 16.1 Å². The first-order valence-corrected chi connectivity index (χ1v) is 5.85. The molecule has 0 unspecified atom stereocenters. The van der Waals surface area contributed by atoms with E-state index in [1.807, 2.05) is 0 Å². The maximum absolute atomic E-state index is 5.50. The molecule has 13 heavy (non-hydrogen) atoms. The Hall–Kier alpha value is 0.140. The first kappa shape index (κ1) is 9.69. The summed E-state index contributed by atoms with van der Waals surface area (Å²) in [5.74, 6) is 0. The van der Waals surface area contributed by atoms with Gasteiger partial charge in [0.15, 0.2) is 0 Å². The minimum absolute atomic E-state index is 0.175. The van der Waals surface area contributed by atoms with Crippen molar-refractivity contribution in [2.45, 2.75) is 32.1 Å². The van der Waals surface area contributed by atoms with Crippen molar-refractivity contribution in [2.24, 2.45) is 5.41 Å². The molecule has 2 rings (SSSR count). The van der Waals surface area contributed by atoms with Crippen molar-refractivity contribution in [2.75, 3.05) is 13.1 Å². The molecule has 72 valence electrons. The number of thiocarbonyl (C=S) groups is 2. The molecular weight excluding hydrogens is 198 g/mol. The normalized spacial score (nSPS) is 28.0. The van der Waals surface area contributed by atoms with Crippen LogP contribution in [0.25, 0.3) is 0 Å². The van der Waals surface area contributed by atoms with Crippen LogP contribution in [0.2, 0.25) is 0 Å². The van der Waals surface area contributed by atoms with Gasteiger partial charge < -0.3 is 5.32 Å². The van der Waals surface area contributed by atoms with E-state index in [0.29, 0.717) is 0 Å². The molecule has 0 radical (unpaired) electrons. The topological polar surface area (TPSA) is 12.0 Å². The molecule has 2 fully saturated rings. The largest absolute Gasteiger partial charge is 0.317 e. The van der Waals surface area contributed by atoms with E-state index in [1.54, 1.807) is 0 Å². The van der Waals surface area contributed by atoms with Crippen molar-refractivity contribution >= 4 is 34.2 Å². The summed E-state index contributed by atoms with van der Waals surface area (Å²) in [6.07, 6.45) is 5.72. The molecule has 0 aromatic rings. The fraction of sp³-hybridized carbons (Fsp3) is 0.800. The fourth-order valence-corrected chi connectivity index (χ4v) is 3.46. The summed E-state index contributed by atoms with van der Waals surface area (Å²) >= 11 is 11.0. The van der Waals surface area contributed by atoms with Crippen LogP contribution in [0.4, 0.5) is 0 Å². The molecule has 0 atom stereocenters. The average Bonchev–Trinajstić information content (AvgIpc) is 2.16. The van der Waals surface area contributed by atoms with Gasteiger partial charge in [-0.05, 0) is 45.2 Å². The van der Waals surface area contributed by atoms with E-state index in [2.05, 4.69) is 5.32 Å². The van der Waals surface area contributed by atoms with Crippen molar-refractivity contribution in [1.82, 2.24) is 5.32 Å². The molecule has 0 amide bonds. The van der Waals surface area contributed by atoms with Crippen LogP contribution in [0.5, 0.6) is 0 Å². The Morgan fingerprint density at radius 2 is 1.54 bits per heavy atom. The highest BCUT2D eigenvalue weighted by molar-refractivity contribution is 7.82. The van der Waals surface area contributed by atoms with Gasteiger partial charge in [-0.15, -0.1) is 0 Å². The average molecular weight is 213 g/mol. The standard InChI is InChI=1S/C10H15NS2/c12-8-2-1-3-9(13)10(8)4-6-11-7-5-10/h11H,1-7H2. The van der Waals surface area contributed by atoms with E-state index in [4.69, 9.17) is 24.4 Å². The summed E-state index contributed by atoms with van der Waals surface area (Å²) in [6.45, 7) is 2.17. The van der Waals surface area contributed by atoms with Crippen molar-refractivity contribution < 1.29 is 0 Å². The summed E-state index contributed by atoms with van der Waals surface area (Å²) in [5.41, 5.74) is 0.175. The van der Waals surface area contributed by atoms with Gasteiger partial charge in [-0.2, -0.15) is 0 Å². The van der Waals surface area contributed by atoms with Gasteiger partial charge in [-0.3, -0.25) is 0 Å². The fourth-order valence-electron chi connectivity index (χ4n) is 2.45. The highest BCUT2D eigenvalue weighted by atomic mass is 32.1.